The van der Waals surface area contributed by atoms with E-state index in [1.165, 1.54) is 5.56 Å². The van der Waals surface area contributed by atoms with Crippen LogP contribution in [-0.4, -0.2) is 58.6 Å². The lowest BCUT2D eigenvalue weighted by Gasteiger charge is -2.34. The molecule has 0 bridgehead atoms. The van der Waals surface area contributed by atoms with E-state index < -0.39 is 0 Å². The van der Waals surface area contributed by atoms with Gasteiger partial charge in [-0.25, -0.2) is 0 Å². The molecule has 1 amide bonds. The third-order valence-electron chi connectivity index (χ3n) is 5.08. The molecule has 0 unspecified atom stereocenters. The van der Waals surface area contributed by atoms with E-state index in [-0.39, 0.29) is 5.91 Å². The molecule has 0 N–H and O–H groups in total. The lowest BCUT2D eigenvalue weighted by molar-refractivity contribution is -0.133. The number of hydrogen-bond donors (Lipinski definition) is 0. The quantitative estimate of drug-likeness (QED) is 0.614. The van der Waals surface area contributed by atoms with E-state index in [4.69, 9.17) is 4.52 Å². The SMILES string of the molecule is O=C(CCc1nc(-c2ccsc2)no1)N1CCN(CCc2ccccc2)CC1. The molecule has 0 aliphatic carbocycles. The summed E-state index contributed by atoms with van der Waals surface area (Å²) in [4.78, 5) is 21.3. The Morgan fingerprint density at radius 1 is 1.07 bits per heavy atom. The normalized spacial score (nSPS) is 15.1. The molecule has 3 aromatic rings. The van der Waals surface area contributed by atoms with Gasteiger partial charge >= 0.3 is 0 Å². The molecule has 3 heterocycles. The van der Waals surface area contributed by atoms with Crippen LogP contribution in [0, 0.1) is 0 Å². The summed E-state index contributed by atoms with van der Waals surface area (Å²) < 4.78 is 5.28. The summed E-state index contributed by atoms with van der Waals surface area (Å²) in [6.07, 6.45) is 1.96. The third-order valence-corrected chi connectivity index (χ3v) is 5.77. The topological polar surface area (TPSA) is 62.5 Å². The first-order valence-corrected chi connectivity index (χ1v) is 10.6. The van der Waals surface area contributed by atoms with Crippen molar-refractivity contribution in [2.75, 3.05) is 32.7 Å². The number of benzene rings is 1. The molecule has 28 heavy (non-hydrogen) atoms. The molecule has 4 rings (SSSR count). The van der Waals surface area contributed by atoms with Crippen molar-refractivity contribution in [2.45, 2.75) is 19.3 Å². The van der Waals surface area contributed by atoms with Crippen molar-refractivity contribution >= 4 is 17.2 Å². The van der Waals surface area contributed by atoms with E-state index in [1.54, 1.807) is 11.3 Å². The molecule has 0 spiro atoms. The van der Waals surface area contributed by atoms with Crippen LogP contribution < -0.4 is 0 Å². The summed E-state index contributed by atoms with van der Waals surface area (Å²) in [7, 11) is 0. The van der Waals surface area contributed by atoms with Crippen molar-refractivity contribution in [1.82, 2.24) is 19.9 Å². The molecule has 0 atom stereocenters. The number of hydrogen-bond acceptors (Lipinski definition) is 6. The second-order valence-corrected chi connectivity index (χ2v) is 7.76. The summed E-state index contributed by atoms with van der Waals surface area (Å²) in [6.45, 7) is 4.48. The molecule has 6 nitrogen and oxygen atoms in total. The Hall–Kier alpha value is -2.51. The van der Waals surface area contributed by atoms with Crippen LogP contribution in [-0.2, 0) is 17.6 Å². The second-order valence-electron chi connectivity index (χ2n) is 6.98. The van der Waals surface area contributed by atoms with E-state index in [0.717, 1.165) is 44.7 Å². The first kappa shape index (κ1) is 18.8. The molecule has 2 aromatic heterocycles. The minimum absolute atomic E-state index is 0.165. The molecular formula is C21H24N4O2S. The molecule has 1 fully saturated rings. The zero-order valence-electron chi connectivity index (χ0n) is 15.8. The highest BCUT2D eigenvalue weighted by Gasteiger charge is 2.21. The molecule has 0 radical (unpaired) electrons. The van der Waals surface area contributed by atoms with Crippen LogP contribution >= 0.6 is 11.3 Å². The van der Waals surface area contributed by atoms with Gasteiger partial charge in [0.2, 0.25) is 17.6 Å². The zero-order chi connectivity index (χ0) is 19.2. The number of aryl methyl sites for hydroxylation is 1. The van der Waals surface area contributed by atoms with Crippen LogP contribution in [0.1, 0.15) is 17.9 Å². The molecular weight excluding hydrogens is 372 g/mol. The van der Waals surface area contributed by atoms with Gasteiger partial charge in [-0.2, -0.15) is 16.3 Å². The van der Waals surface area contributed by atoms with Gasteiger partial charge in [-0.15, -0.1) is 0 Å². The van der Waals surface area contributed by atoms with Crippen LogP contribution in [0.3, 0.4) is 0 Å². The van der Waals surface area contributed by atoms with Crippen LogP contribution in [0.2, 0.25) is 0 Å². The van der Waals surface area contributed by atoms with Crippen molar-refractivity contribution in [3.63, 3.8) is 0 Å². The summed E-state index contributed by atoms with van der Waals surface area (Å²) >= 11 is 1.60. The van der Waals surface area contributed by atoms with Gasteiger partial charge < -0.3 is 9.42 Å². The average molecular weight is 397 g/mol. The number of thiophene rings is 1. The van der Waals surface area contributed by atoms with Gasteiger partial charge in [-0.05, 0) is 23.4 Å². The van der Waals surface area contributed by atoms with E-state index in [9.17, 15) is 4.79 Å². The van der Waals surface area contributed by atoms with Crippen molar-refractivity contribution in [1.29, 1.82) is 0 Å². The standard InChI is InChI=1S/C21H24N4O2S/c26-20(7-6-19-22-21(23-27-19)18-9-15-28-16-18)25-13-11-24(12-14-25)10-8-17-4-2-1-3-5-17/h1-5,9,15-16H,6-8,10-14H2. The molecule has 146 valence electrons. The Morgan fingerprint density at radius 2 is 1.89 bits per heavy atom. The maximum absolute atomic E-state index is 12.5. The first-order valence-electron chi connectivity index (χ1n) is 9.67. The Morgan fingerprint density at radius 3 is 2.64 bits per heavy atom. The number of carbonyl (C=O) groups excluding carboxylic acids is 1. The molecule has 1 saturated heterocycles. The fourth-order valence-corrected chi connectivity index (χ4v) is 4.02. The second kappa shape index (κ2) is 9.12. The summed E-state index contributed by atoms with van der Waals surface area (Å²) in [5.74, 6) is 1.28. The molecule has 1 aliphatic heterocycles. The van der Waals surface area contributed by atoms with Crippen LogP contribution in [0.4, 0.5) is 0 Å². The van der Waals surface area contributed by atoms with Crippen molar-refractivity contribution in [2.24, 2.45) is 0 Å². The number of rotatable bonds is 7. The Kier molecular flexibility index (Phi) is 6.14. The number of amides is 1. The summed E-state index contributed by atoms with van der Waals surface area (Å²) in [5, 5.41) is 7.96. The van der Waals surface area contributed by atoms with Crippen molar-refractivity contribution in [3.05, 3.63) is 58.6 Å². The zero-order valence-corrected chi connectivity index (χ0v) is 16.6. The molecule has 7 heteroatoms. The van der Waals surface area contributed by atoms with E-state index in [2.05, 4.69) is 39.3 Å². The molecule has 1 aliphatic rings. The lowest BCUT2D eigenvalue weighted by atomic mass is 10.1. The monoisotopic (exact) mass is 396 g/mol. The van der Waals surface area contributed by atoms with Crippen LogP contribution in [0.5, 0.6) is 0 Å². The van der Waals surface area contributed by atoms with Crippen LogP contribution in [0.25, 0.3) is 11.4 Å². The van der Waals surface area contributed by atoms with Gasteiger partial charge in [0.25, 0.3) is 0 Å². The van der Waals surface area contributed by atoms with Gasteiger partial charge in [0, 0.05) is 56.5 Å². The Labute approximate surface area is 168 Å². The average Bonchev–Trinajstić information content (AvgIpc) is 3.43. The number of carbonyl (C=O) groups is 1. The van der Waals surface area contributed by atoms with Gasteiger partial charge in [0.05, 0.1) is 0 Å². The maximum Gasteiger partial charge on any atom is 0.227 e. The minimum atomic E-state index is 0.165. The van der Waals surface area contributed by atoms with E-state index in [0.29, 0.717) is 24.6 Å². The Bertz CT molecular complexity index is 871. The maximum atomic E-state index is 12.5. The Balaban J connectivity index is 1.19. The number of piperazine rings is 1. The smallest absolute Gasteiger partial charge is 0.227 e. The summed E-state index contributed by atoms with van der Waals surface area (Å²) in [6, 6.07) is 12.5. The van der Waals surface area contributed by atoms with Gasteiger partial charge in [0.1, 0.15) is 0 Å². The van der Waals surface area contributed by atoms with Crippen molar-refractivity contribution in [3.8, 4) is 11.4 Å². The van der Waals surface area contributed by atoms with Crippen LogP contribution in [0.15, 0.2) is 51.7 Å². The number of aromatic nitrogens is 2. The largest absolute Gasteiger partial charge is 0.340 e. The first-order chi connectivity index (χ1) is 13.8. The minimum Gasteiger partial charge on any atom is -0.340 e. The highest BCUT2D eigenvalue weighted by Crippen LogP contribution is 2.19. The highest BCUT2D eigenvalue weighted by atomic mass is 32.1. The van der Waals surface area contributed by atoms with Gasteiger partial charge in [0.15, 0.2) is 0 Å². The predicted octanol–water partition coefficient (Wildman–Crippen LogP) is 3.12. The number of nitrogens with zero attached hydrogens (tertiary/aromatic N) is 4. The lowest BCUT2D eigenvalue weighted by Crippen LogP contribution is -2.49. The molecule has 1 aromatic carbocycles. The van der Waals surface area contributed by atoms with Gasteiger partial charge in [-0.1, -0.05) is 35.5 Å². The predicted molar refractivity (Wildman–Crippen MR) is 109 cm³/mol. The fraction of sp³-hybridized carbons (Fsp3) is 0.381. The summed E-state index contributed by atoms with van der Waals surface area (Å²) in [5.41, 5.74) is 2.32. The highest BCUT2D eigenvalue weighted by molar-refractivity contribution is 7.08. The van der Waals surface area contributed by atoms with E-state index >= 15 is 0 Å². The third kappa shape index (κ3) is 4.85. The van der Waals surface area contributed by atoms with Crippen molar-refractivity contribution < 1.29 is 9.32 Å². The molecule has 0 saturated carbocycles. The van der Waals surface area contributed by atoms with E-state index in [1.807, 2.05) is 27.8 Å². The fourth-order valence-electron chi connectivity index (χ4n) is 3.39. The van der Waals surface area contributed by atoms with Gasteiger partial charge in [-0.3, -0.25) is 9.69 Å².